The molecule has 1 saturated heterocycles. The van der Waals surface area contributed by atoms with Gasteiger partial charge in [0.25, 0.3) is 5.78 Å². The van der Waals surface area contributed by atoms with Gasteiger partial charge in [-0.15, -0.1) is 0 Å². The van der Waals surface area contributed by atoms with Gasteiger partial charge in [-0.1, -0.05) is 0 Å². The first-order valence-corrected chi connectivity index (χ1v) is 6.09. The van der Waals surface area contributed by atoms with Crippen LogP contribution in [-0.4, -0.2) is 47.7 Å². The molecule has 0 radical (unpaired) electrons. The lowest BCUT2D eigenvalue weighted by molar-refractivity contribution is 0.329. The number of aryl methyl sites for hydroxylation is 1. The average Bonchev–Trinajstić information content (AvgIpc) is 2.96. The van der Waals surface area contributed by atoms with Crippen LogP contribution in [0, 0.1) is 6.92 Å². The third kappa shape index (κ3) is 1.56. The Labute approximate surface area is 108 Å². The molecule has 19 heavy (non-hydrogen) atoms. The van der Waals surface area contributed by atoms with E-state index in [-0.39, 0.29) is 0 Å². The summed E-state index contributed by atoms with van der Waals surface area (Å²) in [7, 11) is 0. The summed E-state index contributed by atoms with van der Waals surface area (Å²) in [4.78, 5) is 12.5. The van der Waals surface area contributed by atoms with Crippen LogP contribution in [0.15, 0.2) is 24.8 Å². The summed E-state index contributed by atoms with van der Waals surface area (Å²) in [5, 5.41) is 12.5. The summed E-state index contributed by atoms with van der Waals surface area (Å²) in [6.45, 7) is 3.70. The maximum atomic E-state index is 4.34. The summed E-state index contributed by atoms with van der Waals surface area (Å²) in [6, 6.07) is 2.34. The van der Waals surface area contributed by atoms with Crippen molar-refractivity contribution in [3.63, 3.8) is 0 Å². The van der Waals surface area contributed by atoms with Crippen LogP contribution in [0.1, 0.15) is 11.7 Å². The van der Waals surface area contributed by atoms with Gasteiger partial charge < -0.3 is 4.90 Å². The van der Waals surface area contributed by atoms with Gasteiger partial charge in [0.05, 0.1) is 12.4 Å². The Bertz CT molecular complexity index is 709. The van der Waals surface area contributed by atoms with Gasteiger partial charge in [0, 0.05) is 24.8 Å². The number of nitrogens with zero attached hydrogens (tertiary/aromatic N) is 8. The fourth-order valence-corrected chi connectivity index (χ4v) is 2.34. The Morgan fingerprint density at radius 1 is 1.16 bits per heavy atom. The number of hydrogen-bond acceptors (Lipinski definition) is 6. The van der Waals surface area contributed by atoms with Crippen molar-refractivity contribution < 1.29 is 0 Å². The molecule has 0 saturated carbocycles. The second kappa shape index (κ2) is 3.74. The zero-order valence-corrected chi connectivity index (χ0v) is 10.4. The molecular weight excluding hydrogens is 244 g/mol. The van der Waals surface area contributed by atoms with Gasteiger partial charge in [-0.3, -0.25) is 0 Å². The maximum Gasteiger partial charge on any atom is 0.254 e. The summed E-state index contributed by atoms with van der Waals surface area (Å²) in [5.41, 5.74) is 0.941. The molecule has 0 N–H and O–H groups in total. The Balaban J connectivity index is 1.64. The van der Waals surface area contributed by atoms with Crippen molar-refractivity contribution in [3.8, 4) is 0 Å². The quantitative estimate of drug-likeness (QED) is 0.646. The molecule has 4 heterocycles. The van der Waals surface area contributed by atoms with Gasteiger partial charge >= 0.3 is 0 Å². The number of rotatable bonds is 2. The second-order valence-electron chi connectivity index (χ2n) is 4.64. The molecule has 0 amide bonds. The molecule has 0 aliphatic carbocycles. The van der Waals surface area contributed by atoms with Crippen LogP contribution < -0.4 is 4.90 Å². The Morgan fingerprint density at radius 3 is 2.74 bits per heavy atom. The normalized spacial score (nSPS) is 15.9. The monoisotopic (exact) mass is 256 g/mol. The highest BCUT2D eigenvalue weighted by atomic mass is 15.5. The molecular formula is C11H12N8. The topological polar surface area (TPSA) is 77.0 Å². The van der Waals surface area contributed by atoms with Crippen molar-refractivity contribution in [1.29, 1.82) is 0 Å². The molecule has 0 atom stereocenters. The molecule has 0 spiro atoms. The zero-order chi connectivity index (χ0) is 12.8. The van der Waals surface area contributed by atoms with E-state index < -0.39 is 0 Å². The van der Waals surface area contributed by atoms with E-state index in [0.717, 1.165) is 24.6 Å². The highest BCUT2D eigenvalue weighted by Crippen LogP contribution is 2.26. The van der Waals surface area contributed by atoms with E-state index in [4.69, 9.17) is 0 Å². The van der Waals surface area contributed by atoms with Crippen LogP contribution in [0.25, 0.3) is 5.78 Å². The molecule has 8 heteroatoms. The van der Waals surface area contributed by atoms with Crippen LogP contribution in [0.2, 0.25) is 0 Å². The number of aromatic nitrogens is 7. The molecule has 0 bridgehead atoms. The summed E-state index contributed by atoms with van der Waals surface area (Å²) in [6.07, 6.45) is 4.93. The highest BCUT2D eigenvalue weighted by Gasteiger charge is 2.31. The van der Waals surface area contributed by atoms with E-state index in [1.807, 2.05) is 13.0 Å². The highest BCUT2D eigenvalue weighted by molar-refractivity contribution is 5.49. The van der Waals surface area contributed by atoms with Crippen molar-refractivity contribution >= 4 is 11.6 Å². The smallest absolute Gasteiger partial charge is 0.254 e. The van der Waals surface area contributed by atoms with E-state index in [1.54, 1.807) is 21.7 Å². The van der Waals surface area contributed by atoms with Crippen LogP contribution in [0.5, 0.6) is 0 Å². The molecule has 96 valence electrons. The second-order valence-corrected chi connectivity index (χ2v) is 4.64. The van der Waals surface area contributed by atoms with Crippen molar-refractivity contribution in [3.05, 3.63) is 30.5 Å². The van der Waals surface area contributed by atoms with Gasteiger partial charge in [-0.2, -0.15) is 29.6 Å². The SMILES string of the molecule is Cc1cc(N2CC(n3nccn3)C2)n2ncnc2n1. The van der Waals surface area contributed by atoms with Gasteiger partial charge in [0.15, 0.2) is 0 Å². The number of anilines is 1. The molecule has 1 aliphatic heterocycles. The van der Waals surface area contributed by atoms with Crippen molar-refractivity contribution in [2.45, 2.75) is 13.0 Å². The molecule has 8 nitrogen and oxygen atoms in total. The number of fused-ring (bicyclic) bond motifs is 1. The lowest BCUT2D eigenvalue weighted by Gasteiger charge is -2.39. The standard InChI is InChI=1S/C11H12N8/c1-8-4-10(18-11(16-8)12-7-15-18)17-5-9(6-17)19-13-2-3-14-19/h2-4,7,9H,5-6H2,1H3. The van der Waals surface area contributed by atoms with Crippen LogP contribution in [0.4, 0.5) is 5.82 Å². The lowest BCUT2D eigenvalue weighted by atomic mass is 10.1. The Kier molecular flexibility index (Phi) is 2.05. The number of hydrogen-bond donors (Lipinski definition) is 0. The zero-order valence-electron chi connectivity index (χ0n) is 10.4. The summed E-state index contributed by atoms with van der Waals surface area (Å²) in [5.74, 6) is 1.65. The van der Waals surface area contributed by atoms with E-state index in [1.165, 1.54) is 6.33 Å². The van der Waals surface area contributed by atoms with Gasteiger partial charge in [-0.05, 0) is 6.92 Å². The molecule has 3 aromatic heterocycles. The fourth-order valence-electron chi connectivity index (χ4n) is 2.34. The Morgan fingerprint density at radius 2 is 1.95 bits per heavy atom. The first kappa shape index (κ1) is 10.4. The average molecular weight is 256 g/mol. The third-order valence-corrected chi connectivity index (χ3v) is 3.31. The largest absolute Gasteiger partial charge is 0.352 e. The minimum atomic E-state index is 0.321. The molecule has 0 aromatic carbocycles. The first-order chi connectivity index (χ1) is 9.31. The fraction of sp³-hybridized carbons (Fsp3) is 0.364. The van der Waals surface area contributed by atoms with Crippen molar-refractivity contribution in [2.24, 2.45) is 0 Å². The van der Waals surface area contributed by atoms with E-state index in [2.05, 4.69) is 30.2 Å². The van der Waals surface area contributed by atoms with E-state index in [0.29, 0.717) is 11.8 Å². The predicted molar refractivity (Wildman–Crippen MR) is 66.8 cm³/mol. The molecule has 0 unspecified atom stereocenters. The van der Waals surface area contributed by atoms with Crippen molar-refractivity contribution in [2.75, 3.05) is 18.0 Å². The van der Waals surface area contributed by atoms with Crippen LogP contribution in [-0.2, 0) is 0 Å². The van der Waals surface area contributed by atoms with Gasteiger partial charge in [0.1, 0.15) is 18.2 Å². The van der Waals surface area contributed by atoms with Crippen LogP contribution in [0.3, 0.4) is 0 Å². The third-order valence-electron chi connectivity index (χ3n) is 3.31. The van der Waals surface area contributed by atoms with E-state index >= 15 is 0 Å². The molecule has 1 fully saturated rings. The Hall–Kier alpha value is -2.51. The first-order valence-electron chi connectivity index (χ1n) is 6.09. The molecule has 3 aromatic rings. The minimum Gasteiger partial charge on any atom is -0.352 e. The maximum absolute atomic E-state index is 4.34. The summed E-state index contributed by atoms with van der Waals surface area (Å²) >= 11 is 0. The summed E-state index contributed by atoms with van der Waals surface area (Å²) < 4.78 is 1.76. The molecule has 4 rings (SSSR count). The minimum absolute atomic E-state index is 0.321. The van der Waals surface area contributed by atoms with E-state index in [9.17, 15) is 0 Å². The molecule has 1 aliphatic rings. The van der Waals surface area contributed by atoms with Gasteiger partial charge in [0.2, 0.25) is 0 Å². The lowest BCUT2D eigenvalue weighted by Crippen LogP contribution is -2.49. The van der Waals surface area contributed by atoms with Crippen LogP contribution >= 0.6 is 0 Å². The predicted octanol–water partition coefficient (Wildman–Crippen LogP) is 0.0855. The van der Waals surface area contributed by atoms with Gasteiger partial charge in [-0.25, -0.2) is 4.98 Å². The van der Waals surface area contributed by atoms with Crippen molar-refractivity contribution in [1.82, 2.24) is 34.6 Å².